The third-order valence-electron chi connectivity index (χ3n) is 13.3. The van der Waals surface area contributed by atoms with Crippen LogP contribution in [0.2, 0.25) is 0 Å². The van der Waals surface area contributed by atoms with E-state index in [4.69, 9.17) is 93.4 Å². The molecular formula is C80H87ClF2K2N16O22. The number of carbonyl (C=O) groups is 3. The molecule has 11 rings (SSSR count). The first-order valence-corrected chi connectivity index (χ1v) is 33.7. The molecule has 0 aliphatic carbocycles. The molecule has 0 unspecified atom stereocenters. The van der Waals surface area contributed by atoms with Crippen LogP contribution in [-0.2, 0) is 39.1 Å². The molecule has 2 amide bonds. The van der Waals surface area contributed by atoms with Crippen molar-refractivity contribution < 1.29 is 218 Å². The van der Waals surface area contributed by atoms with Gasteiger partial charge in [0.15, 0.2) is 5.82 Å². The zero-order valence-electron chi connectivity index (χ0n) is 69.6. The Morgan fingerprint density at radius 3 is 1.16 bits per heavy atom. The maximum Gasteiger partial charge on any atom is 1.00 e. The van der Waals surface area contributed by atoms with E-state index in [1.165, 1.54) is 80.3 Å². The van der Waals surface area contributed by atoms with Crippen molar-refractivity contribution in [2.45, 2.75) is 20.3 Å². The number of anilines is 4. The molecule has 14 N–H and O–H groups in total. The van der Waals surface area contributed by atoms with Crippen LogP contribution in [0.1, 0.15) is 47.4 Å². The van der Waals surface area contributed by atoms with Gasteiger partial charge in [-0.25, -0.2) is 62.3 Å². The number of nitrogens with zero attached hydrogens (tertiary/aromatic N) is 9. The molecule has 1 heterocycles. The number of methoxy groups -OCH3 is 2. The SMILES string of the molecule is CC(=N)N.CN(C)C=NC(=O)c1ccc(Oc2ccc(NOO)cc2)cc1.COC(OC)N(C)C.Cc1ncnc(-c2ccc(Oc3ccc(NOO)cc3)cc2)n1.Cl.N#Cc1ccc(F)cc1.N#Cc1ccc(Oc2ccc([N+](=O)[O-])cc2)cc1.NC(=O)c1ccc(Oc2ccc(NOO)cc2)cc1.O=CO[O-].OONc1ccc(O)cc1.[2H]CF.[H-].[K+].[K+]. The van der Waals surface area contributed by atoms with Crippen LogP contribution in [0.5, 0.6) is 51.7 Å². The van der Waals surface area contributed by atoms with E-state index in [2.05, 4.69) is 66.7 Å². The van der Waals surface area contributed by atoms with Crippen molar-refractivity contribution in [2.75, 3.05) is 71.5 Å². The minimum absolute atomic E-state index is 0. The minimum Gasteiger partial charge on any atom is -1.00 e. The molecule has 123 heavy (non-hydrogen) atoms. The molecule has 10 aromatic carbocycles. The van der Waals surface area contributed by atoms with E-state index < -0.39 is 18.0 Å². The van der Waals surface area contributed by atoms with Crippen LogP contribution in [-0.4, -0.2) is 142 Å². The van der Waals surface area contributed by atoms with Crippen LogP contribution < -0.4 is 160 Å². The number of carbonyl (C=O) groups excluding carboxylic acids is 3. The van der Waals surface area contributed by atoms with Gasteiger partial charge in [0.1, 0.15) is 69.7 Å². The van der Waals surface area contributed by atoms with Gasteiger partial charge in [0, 0.05) is 57.1 Å². The number of ether oxygens (including phenoxy) is 6. The van der Waals surface area contributed by atoms with E-state index in [9.17, 15) is 28.5 Å². The van der Waals surface area contributed by atoms with Gasteiger partial charge in [-0.2, -0.15) is 15.5 Å². The van der Waals surface area contributed by atoms with Crippen molar-refractivity contribution in [3.05, 3.63) is 293 Å². The molecule has 0 fully saturated rings. The first-order valence-electron chi connectivity index (χ1n) is 34.4. The second kappa shape index (κ2) is 67.9. The summed E-state index contributed by atoms with van der Waals surface area (Å²) in [6, 6.07) is 68.9. The molecule has 0 aliphatic rings. The number of aromatic hydroxyl groups is 1. The van der Waals surface area contributed by atoms with Crippen LogP contribution in [0.3, 0.4) is 0 Å². The van der Waals surface area contributed by atoms with Gasteiger partial charge in [-0.15, -0.1) is 32.4 Å². The number of nitro groups is 1. The number of nitriles is 2. The standard InChI is InChI=1S/C16H14N4O3.C16H17N3O4.C13H12N2O4.C13H8N2O3.C7H4FN.C6H7NO3.C5H13NO2.C2H6N2.CH3F.CH2O3.ClH.2K.H/c1-11-17-10-18-16(19-11)12-2-6-14(7-3-12)22-15-8-4-13(5-9-15)20-23-21;1-19(2)11-17-16(20)12-3-7-14(8-4-12)22-15-9-5-13(6-10-15)18-23-21;14-13(16)9-1-5-11(6-2-9)18-12-7-3-10(4-8-12)15-19-17;14-9-10-1-5-12(6-2-10)18-13-7-3-11(4-8-13)15(16)17;8-7-3-1-6(5-9)2-4-7;8-6-3-1-5(2-4-6)7-10-9;1-6(2)5(7-3)8-4;1-2(3)4;1-2;2-1-4-3;;;;/h2-10,20-21H,1H3;3-11,18,21H,1-2H3;1-8,15,17H,(H2,14,16);1-8H;1-4H;1-4,7-9H;5H,1-4H3;1H3,(H3,3,4);1H3;1,3H;1H;;;/q;;;;;;;;;;;2*+1;-1/p-1/i;;;;;;;;1D;;;;;. The third kappa shape index (κ3) is 50.3. The molecule has 0 radical (unpaired) electrons. The first-order chi connectivity index (χ1) is 58.1. The summed E-state index contributed by atoms with van der Waals surface area (Å²) < 4.78 is 59.8. The fraction of sp³-hybridized carbons (Fsp3) is 0.125. The molecule has 0 aliphatic heterocycles. The van der Waals surface area contributed by atoms with Crippen LogP contribution in [0.4, 0.5) is 37.2 Å². The Morgan fingerprint density at radius 2 is 0.886 bits per heavy atom. The van der Waals surface area contributed by atoms with Crippen LogP contribution in [0.25, 0.3) is 11.4 Å². The number of aromatic nitrogens is 3. The molecule has 1 aromatic heterocycles. The van der Waals surface area contributed by atoms with E-state index in [1.54, 1.807) is 191 Å². The topological polar surface area (TPSA) is 549 Å². The van der Waals surface area contributed by atoms with Gasteiger partial charge in [-0.3, -0.25) is 39.2 Å². The van der Waals surface area contributed by atoms with Crippen molar-refractivity contribution in [3.63, 3.8) is 0 Å². The summed E-state index contributed by atoms with van der Waals surface area (Å²) in [5, 5.41) is 83.6. The maximum atomic E-state index is 12.1. The van der Waals surface area contributed by atoms with E-state index in [1.807, 2.05) is 62.3 Å². The number of hydrogen-bond donors (Lipinski definition) is 12. The van der Waals surface area contributed by atoms with Crippen molar-refractivity contribution in [2.24, 2.45) is 16.5 Å². The Morgan fingerprint density at radius 1 is 0.585 bits per heavy atom. The second-order valence-corrected chi connectivity index (χ2v) is 22.7. The summed E-state index contributed by atoms with van der Waals surface area (Å²) in [6.45, 7) is 3.17. The monoisotopic (exact) mass is 1780 g/mol. The Hall–Kier alpha value is -11.7. The summed E-state index contributed by atoms with van der Waals surface area (Å²) in [7, 11) is 9.57. The smallest absolute Gasteiger partial charge is 1.00 e. The fourth-order valence-corrected chi connectivity index (χ4v) is 8.12. The van der Waals surface area contributed by atoms with Gasteiger partial charge in [0.2, 0.25) is 12.3 Å². The fourth-order valence-electron chi connectivity index (χ4n) is 8.12. The van der Waals surface area contributed by atoms with Crippen LogP contribution >= 0.6 is 12.4 Å². The number of nitro benzene ring substituents is 1. The number of non-ortho nitro benzene ring substituents is 1. The molecule has 0 saturated heterocycles. The largest absolute Gasteiger partial charge is 1.00 e. The molecule has 43 heteroatoms. The molecule has 0 atom stereocenters. The average molecular weight is 1780 g/mol. The summed E-state index contributed by atoms with van der Waals surface area (Å²) in [4.78, 5) is 78.8. The number of nitrogens with two attached hydrogens (primary N) is 2. The third-order valence-corrected chi connectivity index (χ3v) is 13.3. The van der Waals surface area contributed by atoms with Crippen LogP contribution in [0, 0.1) is 50.9 Å². The summed E-state index contributed by atoms with van der Waals surface area (Å²) in [5.74, 6) is 5.37. The number of benzene rings is 10. The molecule has 0 bridgehead atoms. The van der Waals surface area contributed by atoms with E-state index >= 15 is 0 Å². The predicted molar refractivity (Wildman–Crippen MR) is 442 cm³/mol. The zero-order chi connectivity index (χ0) is 89.7. The van der Waals surface area contributed by atoms with E-state index in [0.717, 1.165) is 5.56 Å². The maximum absolute atomic E-state index is 12.1. The number of phenols is 1. The number of nitrogens with one attached hydrogen (secondary N) is 5. The van der Waals surface area contributed by atoms with Crippen molar-refractivity contribution in [3.8, 4) is 75.3 Å². The van der Waals surface area contributed by atoms with Crippen molar-refractivity contribution in [1.29, 1.82) is 15.9 Å². The van der Waals surface area contributed by atoms with Gasteiger partial charge < -0.3 is 61.5 Å². The summed E-state index contributed by atoms with van der Waals surface area (Å²) in [6.07, 6.45) is 2.74. The number of aliphatic imine (C=N–C) groups is 1. The molecular weight excluding hydrogens is 1690 g/mol. The molecule has 0 spiro atoms. The molecule has 38 nitrogen and oxygen atoms in total. The number of aryl methyl sites for hydroxylation is 1. The Labute approximate surface area is 799 Å². The van der Waals surface area contributed by atoms with Crippen LogP contribution in [0.15, 0.2) is 254 Å². The number of alkyl halides is 1. The number of hydrogen-bond acceptors (Lipinski definition) is 33. The van der Waals surface area contributed by atoms with E-state index in [-0.39, 0.29) is 158 Å². The minimum atomic E-state index is -1.00. The normalized spacial score (nSPS) is 9.47. The Bertz CT molecular complexity index is 4890. The number of amides is 2. The number of halogens is 3. The predicted octanol–water partition coefficient (Wildman–Crippen LogP) is 8.67. The quantitative estimate of drug-likeness (QED) is 0.00293. The Balaban J connectivity index is -0.00000139. The number of rotatable bonds is 25. The van der Waals surface area contributed by atoms with Gasteiger partial charge in [0.05, 0.1) is 71.6 Å². The average Bonchev–Trinajstić information content (AvgIpc) is 0.857. The van der Waals surface area contributed by atoms with Gasteiger partial charge >= 0.3 is 103 Å². The first kappa shape index (κ1) is 111. The molecule has 11 aromatic rings. The number of primary amides is 1. The van der Waals surface area contributed by atoms with Crippen molar-refractivity contribution in [1.82, 2.24) is 24.8 Å². The van der Waals surface area contributed by atoms with E-state index in [0.29, 0.717) is 103 Å². The summed E-state index contributed by atoms with van der Waals surface area (Å²) in [5.41, 5.74) is 24.1. The van der Waals surface area contributed by atoms with Gasteiger partial charge in [-0.1, -0.05) is 0 Å². The van der Waals surface area contributed by atoms with Gasteiger partial charge in [-0.05, 0) is 258 Å². The molecule has 642 valence electrons. The van der Waals surface area contributed by atoms with Crippen molar-refractivity contribution >= 4 is 71.3 Å². The zero-order valence-corrected chi connectivity index (χ0v) is 74.7. The second-order valence-electron chi connectivity index (χ2n) is 22.7. The molecule has 0 saturated carbocycles. The number of phenolic OH excluding ortho intramolecular Hbond substituents is 1. The number of amidine groups is 1. The van der Waals surface area contributed by atoms with Gasteiger partial charge in [0.25, 0.3) is 18.1 Å². The Kier molecular flexibility index (Phi) is 61.4. The summed E-state index contributed by atoms with van der Waals surface area (Å²) >= 11 is 0.